The van der Waals surface area contributed by atoms with Crippen molar-refractivity contribution in [3.8, 4) is 0 Å². The summed E-state index contributed by atoms with van der Waals surface area (Å²) in [4.78, 5) is 16.1. The highest BCUT2D eigenvalue weighted by Gasteiger charge is 2.10. The van der Waals surface area contributed by atoms with E-state index in [9.17, 15) is 13.6 Å². The van der Waals surface area contributed by atoms with E-state index in [0.29, 0.717) is 10.7 Å². The second-order valence-electron chi connectivity index (χ2n) is 5.12. The van der Waals surface area contributed by atoms with Gasteiger partial charge in [0.15, 0.2) is 11.6 Å². The zero-order chi connectivity index (χ0) is 17.8. The van der Waals surface area contributed by atoms with Crippen LogP contribution in [0, 0.1) is 11.6 Å². The van der Waals surface area contributed by atoms with Crippen LogP contribution in [0.25, 0.3) is 0 Å². The number of nitrogens with zero attached hydrogens (tertiary/aromatic N) is 1. The molecule has 0 aliphatic carbocycles. The van der Waals surface area contributed by atoms with Crippen LogP contribution in [0.2, 0.25) is 5.02 Å². The van der Waals surface area contributed by atoms with Crippen LogP contribution in [0.5, 0.6) is 0 Å². The molecule has 0 saturated carbocycles. The number of nitrogens with one attached hydrogen (secondary N) is 2. The molecule has 3 aromatic rings. The maximum absolute atomic E-state index is 13.2. The summed E-state index contributed by atoms with van der Waals surface area (Å²) < 4.78 is 26.1. The fraction of sp³-hybridized carbons (Fsp3) is 0. The SMILES string of the molecule is O=C(Nc1ccc(Nc2ccccc2Cl)cn1)c1ccc(F)c(F)c1. The summed E-state index contributed by atoms with van der Waals surface area (Å²) in [6.07, 6.45) is 1.52. The van der Waals surface area contributed by atoms with Gasteiger partial charge in [0, 0.05) is 5.56 Å². The Bertz CT molecular complexity index is 916. The van der Waals surface area contributed by atoms with Gasteiger partial charge in [-0.05, 0) is 42.5 Å². The lowest BCUT2D eigenvalue weighted by Crippen LogP contribution is -2.13. The van der Waals surface area contributed by atoms with Crippen LogP contribution in [-0.2, 0) is 0 Å². The first kappa shape index (κ1) is 16.9. The fourth-order valence-corrected chi connectivity index (χ4v) is 2.27. The molecule has 2 aromatic carbocycles. The van der Waals surface area contributed by atoms with Crippen molar-refractivity contribution in [1.29, 1.82) is 0 Å². The number of amides is 1. The summed E-state index contributed by atoms with van der Waals surface area (Å²) in [5.74, 6) is -2.40. The third kappa shape index (κ3) is 4.10. The number of hydrogen-bond donors (Lipinski definition) is 2. The quantitative estimate of drug-likeness (QED) is 0.688. The first-order chi connectivity index (χ1) is 12.0. The first-order valence-electron chi connectivity index (χ1n) is 7.27. The lowest BCUT2D eigenvalue weighted by molar-refractivity contribution is 0.102. The number of aromatic nitrogens is 1. The minimum absolute atomic E-state index is 0.000955. The highest BCUT2D eigenvalue weighted by atomic mass is 35.5. The Labute approximate surface area is 147 Å². The molecule has 0 unspecified atom stereocenters. The van der Waals surface area contributed by atoms with Crippen LogP contribution < -0.4 is 10.6 Å². The molecule has 1 heterocycles. The molecule has 0 spiro atoms. The molecule has 7 heteroatoms. The van der Waals surface area contributed by atoms with Gasteiger partial charge in [-0.3, -0.25) is 4.79 Å². The maximum atomic E-state index is 13.2. The van der Waals surface area contributed by atoms with Gasteiger partial charge in [0.1, 0.15) is 5.82 Å². The zero-order valence-electron chi connectivity index (χ0n) is 12.8. The maximum Gasteiger partial charge on any atom is 0.256 e. The summed E-state index contributed by atoms with van der Waals surface area (Å²) >= 11 is 6.07. The van der Waals surface area contributed by atoms with Crippen LogP contribution in [0.3, 0.4) is 0 Å². The summed E-state index contributed by atoms with van der Waals surface area (Å²) in [6.45, 7) is 0. The number of pyridine rings is 1. The molecular formula is C18H12ClF2N3O. The summed E-state index contributed by atoms with van der Waals surface area (Å²) in [5.41, 5.74) is 1.41. The van der Waals surface area contributed by atoms with Gasteiger partial charge in [-0.2, -0.15) is 0 Å². The Morgan fingerprint density at radius 1 is 1.00 bits per heavy atom. The fourth-order valence-electron chi connectivity index (χ4n) is 2.09. The van der Waals surface area contributed by atoms with E-state index in [4.69, 9.17) is 11.6 Å². The van der Waals surface area contributed by atoms with E-state index in [1.54, 1.807) is 18.2 Å². The van der Waals surface area contributed by atoms with Crippen molar-refractivity contribution in [3.05, 3.63) is 83.0 Å². The largest absolute Gasteiger partial charge is 0.353 e. The summed E-state index contributed by atoms with van der Waals surface area (Å²) in [7, 11) is 0. The number of para-hydroxylation sites is 1. The molecule has 0 aliphatic heterocycles. The molecular weight excluding hydrogens is 348 g/mol. The highest BCUT2D eigenvalue weighted by Crippen LogP contribution is 2.24. The van der Waals surface area contributed by atoms with Crippen molar-refractivity contribution >= 4 is 34.7 Å². The Morgan fingerprint density at radius 3 is 2.48 bits per heavy atom. The molecule has 3 rings (SSSR count). The molecule has 0 radical (unpaired) electrons. The van der Waals surface area contributed by atoms with E-state index >= 15 is 0 Å². The first-order valence-corrected chi connectivity index (χ1v) is 7.65. The van der Waals surface area contributed by atoms with Gasteiger partial charge in [-0.1, -0.05) is 23.7 Å². The molecule has 4 nitrogen and oxygen atoms in total. The van der Waals surface area contributed by atoms with E-state index < -0.39 is 17.5 Å². The summed E-state index contributed by atoms with van der Waals surface area (Å²) in [5, 5.41) is 6.18. The predicted octanol–water partition coefficient (Wildman–Crippen LogP) is 5.01. The van der Waals surface area contributed by atoms with Gasteiger partial charge in [0.25, 0.3) is 5.91 Å². The van der Waals surface area contributed by atoms with Crippen molar-refractivity contribution in [3.63, 3.8) is 0 Å². The molecule has 0 bridgehead atoms. The van der Waals surface area contributed by atoms with Crippen LogP contribution in [0.15, 0.2) is 60.8 Å². The summed E-state index contributed by atoms with van der Waals surface area (Å²) in [6, 6.07) is 13.5. The number of carbonyl (C=O) groups excluding carboxylic acids is 1. The number of hydrogen-bond acceptors (Lipinski definition) is 3. The minimum Gasteiger partial charge on any atom is -0.353 e. The lowest BCUT2D eigenvalue weighted by Gasteiger charge is -2.09. The van der Waals surface area contributed by atoms with Crippen molar-refractivity contribution in [2.24, 2.45) is 0 Å². The van der Waals surface area contributed by atoms with Gasteiger partial charge in [0.05, 0.1) is 22.6 Å². The second-order valence-corrected chi connectivity index (χ2v) is 5.53. The Morgan fingerprint density at radius 2 is 1.80 bits per heavy atom. The van der Waals surface area contributed by atoms with Crippen LogP contribution in [0.1, 0.15) is 10.4 Å². The van der Waals surface area contributed by atoms with E-state index in [-0.39, 0.29) is 11.4 Å². The third-order valence-corrected chi connectivity index (χ3v) is 3.67. The van der Waals surface area contributed by atoms with Gasteiger partial charge in [-0.15, -0.1) is 0 Å². The number of rotatable bonds is 4. The van der Waals surface area contributed by atoms with Crippen molar-refractivity contribution in [2.75, 3.05) is 10.6 Å². The number of carbonyl (C=O) groups is 1. The van der Waals surface area contributed by atoms with Gasteiger partial charge in [-0.25, -0.2) is 13.8 Å². The Kier molecular flexibility index (Phi) is 4.90. The van der Waals surface area contributed by atoms with Crippen LogP contribution in [0.4, 0.5) is 26.0 Å². The number of halogens is 3. The van der Waals surface area contributed by atoms with E-state index in [2.05, 4.69) is 15.6 Å². The van der Waals surface area contributed by atoms with Crippen LogP contribution >= 0.6 is 11.6 Å². The van der Waals surface area contributed by atoms with Crippen molar-refractivity contribution in [2.45, 2.75) is 0 Å². The monoisotopic (exact) mass is 359 g/mol. The Hall–Kier alpha value is -2.99. The topological polar surface area (TPSA) is 54.0 Å². The lowest BCUT2D eigenvalue weighted by atomic mass is 10.2. The smallest absolute Gasteiger partial charge is 0.256 e. The van der Waals surface area contributed by atoms with Gasteiger partial charge >= 0.3 is 0 Å². The second kappa shape index (κ2) is 7.27. The standard InChI is InChI=1S/C18H12ClF2N3O/c19-13-3-1-2-4-16(13)23-12-6-8-17(22-10-12)24-18(25)11-5-7-14(20)15(21)9-11/h1-10,23H,(H,22,24,25). The zero-order valence-corrected chi connectivity index (χ0v) is 13.5. The Balaban J connectivity index is 1.69. The third-order valence-electron chi connectivity index (χ3n) is 3.34. The van der Waals surface area contributed by atoms with Gasteiger partial charge in [0.2, 0.25) is 0 Å². The predicted molar refractivity (Wildman–Crippen MR) is 93.3 cm³/mol. The van der Waals surface area contributed by atoms with Crippen LogP contribution in [-0.4, -0.2) is 10.9 Å². The van der Waals surface area contributed by atoms with E-state index in [0.717, 1.165) is 17.8 Å². The molecule has 1 aromatic heterocycles. The number of anilines is 3. The van der Waals surface area contributed by atoms with Crippen molar-refractivity contribution in [1.82, 2.24) is 4.98 Å². The molecule has 0 saturated heterocycles. The molecule has 0 atom stereocenters. The average molecular weight is 360 g/mol. The molecule has 0 fully saturated rings. The molecule has 0 aliphatic rings. The normalized spacial score (nSPS) is 10.4. The minimum atomic E-state index is -1.08. The molecule has 25 heavy (non-hydrogen) atoms. The molecule has 2 N–H and O–H groups in total. The van der Waals surface area contributed by atoms with E-state index in [1.807, 2.05) is 18.2 Å². The van der Waals surface area contributed by atoms with Gasteiger partial charge < -0.3 is 10.6 Å². The average Bonchev–Trinajstić information content (AvgIpc) is 2.61. The van der Waals surface area contributed by atoms with E-state index in [1.165, 1.54) is 12.3 Å². The number of benzene rings is 2. The highest BCUT2D eigenvalue weighted by molar-refractivity contribution is 6.33. The molecule has 126 valence electrons. The van der Waals surface area contributed by atoms with Crippen molar-refractivity contribution < 1.29 is 13.6 Å². The molecule has 1 amide bonds.